The molecule has 0 fully saturated rings. The van der Waals surface area contributed by atoms with Gasteiger partial charge in [0.15, 0.2) is 17.1 Å². The molecule has 0 spiro atoms. The van der Waals surface area contributed by atoms with Crippen molar-refractivity contribution in [3.05, 3.63) is 35.8 Å². The van der Waals surface area contributed by atoms with Crippen LogP contribution in [0.25, 0.3) is 11.2 Å². The Hall–Kier alpha value is -3.34. The van der Waals surface area contributed by atoms with Gasteiger partial charge in [0.05, 0.1) is 27.5 Å². The Labute approximate surface area is 162 Å². The van der Waals surface area contributed by atoms with E-state index in [1.54, 1.807) is 21.3 Å². The number of aromatic nitrogens is 4. The lowest BCUT2D eigenvalue weighted by molar-refractivity contribution is 0.324. The summed E-state index contributed by atoms with van der Waals surface area (Å²) in [5, 5.41) is 0. The molecule has 0 saturated heterocycles. The first-order chi connectivity index (χ1) is 13.6. The van der Waals surface area contributed by atoms with E-state index in [0.717, 1.165) is 17.8 Å². The van der Waals surface area contributed by atoms with E-state index in [1.165, 1.54) is 6.20 Å². The van der Waals surface area contributed by atoms with Gasteiger partial charge in [0.2, 0.25) is 5.75 Å². The highest BCUT2D eigenvalue weighted by atomic mass is 19.1. The van der Waals surface area contributed by atoms with Crippen molar-refractivity contribution in [3.63, 3.8) is 0 Å². The molecule has 146 valence electrons. The molecule has 1 aromatic carbocycles. The lowest BCUT2D eigenvalue weighted by Crippen LogP contribution is -2.07. The molecular weight excluding hydrogens is 363 g/mol. The van der Waals surface area contributed by atoms with Gasteiger partial charge in [-0.2, -0.15) is 9.37 Å². The van der Waals surface area contributed by atoms with Gasteiger partial charge in [0.1, 0.15) is 11.3 Å². The highest BCUT2D eigenvalue weighted by molar-refractivity contribution is 5.70. The summed E-state index contributed by atoms with van der Waals surface area (Å²) in [6, 6.07) is 3.72. The topological polar surface area (TPSA) is 71.3 Å². The van der Waals surface area contributed by atoms with Crippen LogP contribution in [0.1, 0.15) is 24.2 Å². The van der Waals surface area contributed by atoms with Gasteiger partial charge in [-0.1, -0.05) is 0 Å². The number of imidazole rings is 1. The van der Waals surface area contributed by atoms with Crippen LogP contribution in [0.15, 0.2) is 18.3 Å². The molecule has 0 aliphatic carbocycles. The van der Waals surface area contributed by atoms with E-state index in [2.05, 4.69) is 20.9 Å². The lowest BCUT2D eigenvalue weighted by atomic mass is 10.1. The van der Waals surface area contributed by atoms with E-state index >= 15 is 0 Å². The smallest absolute Gasteiger partial charge is 0.310 e. The predicted octanol–water partition coefficient (Wildman–Crippen LogP) is 3.00. The first kappa shape index (κ1) is 19.4. The molecule has 0 amide bonds. The number of unbranched alkanes of at least 4 members (excludes halogenated alkanes) is 1. The maximum atomic E-state index is 13.6. The molecule has 0 bridgehead atoms. The van der Waals surface area contributed by atoms with Gasteiger partial charge in [-0.3, -0.25) is 0 Å². The van der Waals surface area contributed by atoms with Crippen molar-refractivity contribution in [3.8, 4) is 29.6 Å². The number of hydrogen-bond donors (Lipinski definition) is 0. The lowest BCUT2D eigenvalue weighted by Gasteiger charge is -2.14. The summed E-state index contributed by atoms with van der Waals surface area (Å²) in [5.74, 6) is 4.96. The number of rotatable bonds is 8. The van der Waals surface area contributed by atoms with Gasteiger partial charge in [-0.05, 0) is 24.1 Å². The van der Waals surface area contributed by atoms with E-state index in [-0.39, 0.29) is 0 Å². The quantitative estimate of drug-likeness (QED) is 0.338. The summed E-state index contributed by atoms with van der Waals surface area (Å²) in [7, 11) is 4.68. The molecule has 0 radical (unpaired) electrons. The fourth-order valence-electron chi connectivity index (χ4n) is 3.07. The first-order valence-corrected chi connectivity index (χ1v) is 8.71. The van der Waals surface area contributed by atoms with Gasteiger partial charge < -0.3 is 18.8 Å². The predicted molar refractivity (Wildman–Crippen MR) is 102 cm³/mol. The fraction of sp³-hybridized carbons (Fsp3) is 0.350. The average Bonchev–Trinajstić information content (AvgIpc) is 3.03. The van der Waals surface area contributed by atoms with E-state index in [9.17, 15) is 4.39 Å². The Bertz CT molecular complexity index is 1000. The second kappa shape index (κ2) is 8.57. The number of halogens is 1. The third kappa shape index (κ3) is 3.83. The molecule has 3 aromatic rings. The largest absolute Gasteiger partial charge is 0.493 e. The number of nitrogens with zero attached hydrogens (tertiary/aromatic N) is 4. The summed E-state index contributed by atoms with van der Waals surface area (Å²) < 4.78 is 31.6. The zero-order valence-corrected chi connectivity index (χ0v) is 16.0. The summed E-state index contributed by atoms with van der Waals surface area (Å²) in [4.78, 5) is 12.1. The number of methoxy groups -OCH3 is 3. The van der Waals surface area contributed by atoms with Gasteiger partial charge in [-0.25, -0.2) is 9.97 Å². The summed E-state index contributed by atoms with van der Waals surface area (Å²) in [6.07, 6.45) is 7.76. The van der Waals surface area contributed by atoms with E-state index < -0.39 is 6.08 Å². The van der Waals surface area contributed by atoms with Crippen LogP contribution in [0, 0.1) is 18.4 Å². The van der Waals surface area contributed by atoms with Crippen molar-refractivity contribution in [1.29, 1.82) is 0 Å². The molecule has 0 aliphatic rings. The minimum absolute atomic E-state index is 0.451. The van der Waals surface area contributed by atoms with Gasteiger partial charge in [-0.15, -0.1) is 12.3 Å². The fourth-order valence-corrected chi connectivity index (χ4v) is 3.07. The van der Waals surface area contributed by atoms with Crippen molar-refractivity contribution in [1.82, 2.24) is 19.5 Å². The highest BCUT2D eigenvalue weighted by Gasteiger charge is 2.17. The number of ether oxygens (including phenoxy) is 3. The number of aryl methyl sites for hydroxylation is 1. The normalized spacial score (nSPS) is 10.7. The van der Waals surface area contributed by atoms with Gasteiger partial charge in [0.25, 0.3) is 0 Å². The average molecular weight is 384 g/mol. The van der Waals surface area contributed by atoms with Crippen LogP contribution in [0.2, 0.25) is 0 Å². The zero-order chi connectivity index (χ0) is 20.1. The van der Waals surface area contributed by atoms with Crippen LogP contribution in [0.4, 0.5) is 4.39 Å². The Morgan fingerprint density at radius 2 is 1.82 bits per heavy atom. The molecule has 8 heteroatoms. The molecular formula is C20H21FN4O3. The Morgan fingerprint density at radius 3 is 2.43 bits per heavy atom. The number of benzene rings is 1. The standard InChI is InChI=1S/C20H21FN4O3/c1-5-6-7-8-25-17(23-14-12-22-20(21)24-19(14)25)11-13-9-15(26-2)18(28-4)16(10-13)27-3/h1,9-10,12H,6-8,11H2,2-4H3. The summed E-state index contributed by atoms with van der Waals surface area (Å²) in [6.45, 7) is 0.580. The third-order valence-corrected chi connectivity index (χ3v) is 4.33. The second-order valence-corrected chi connectivity index (χ2v) is 6.05. The maximum Gasteiger partial charge on any atom is 0.310 e. The third-order valence-electron chi connectivity index (χ3n) is 4.33. The number of fused-ring (bicyclic) bond motifs is 1. The SMILES string of the molecule is C#CCCCn1c(Cc2cc(OC)c(OC)c(OC)c2)nc2cnc(F)nc21. The molecule has 0 aliphatic heterocycles. The van der Waals surface area contributed by atoms with Crippen LogP contribution in [0.3, 0.4) is 0 Å². The first-order valence-electron chi connectivity index (χ1n) is 8.71. The van der Waals surface area contributed by atoms with E-state index in [0.29, 0.717) is 47.8 Å². The molecule has 28 heavy (non-hydrogen) atoms. The Kier molecular flexibility index (Phi) is 5.94. The molecule has 3 rings (SSSR count). The Morgan fingerprint density at radius 1 is 1.11 bits per heavy atom. The Balaban J connectivity index is 2.04. The van der Waals surface area contributed by atoms with Crippen molar-refractivity contribution >= 4 is 11.2 Å². The molecule has 0 N–H and O–H groups in total. The number of hydrogen-bond acceptors (Lipinski definition) is 6. The minimum atomic E-state index is -0.787. The van der Waals surface area contributed by atoms with Crippen molar-refractivity contribution in [2.75, 3.05) is 21.3 Å². The minimum Gasteiger partial charge on any atom is -0.493 e. The summed E-state index contributed by atoms with van der Waals surface area (Å²) >= 11 is 0. The molecule has 0 unspecified atom stereocenters. The van der Waals surface area contributed by atoms with Crippen LogP contribution < -0.4 is 14.2 Å². The van der Waals surface area contributed by atoms with Crippen LogP contribution in [0.5, 0.6) is 17.2 Å². The van der Waals surface area contributed by atoms with Crippen molar-refractivity contribution in [2.24, 2.45) is 0 Å². The molecule has 2 aromatic heterocycles. The van der Waals surface area contributed by atoms with Crippen molar-refractivity contribution in [2.45, 2.75) is 25.8 Å². The van der Waals surface area contributed by atoms with Crippen molar-refractivity contribution < 1.29 is 18.6 Å². The molecule has 0 atom stereocenters. The molecule has 2 heterocycles. The second-order valence-electron chi connectivity index (χ2n) is 6.05. The van der Waals surface area contributed by atoms with Crippen LogP contribution >= 0.6 is 0 Å². The van der Waals surface area contributed by atoms with Crippen LogP contribution in [-0.2, 0) is 13.0 Å². The van der Waals surface area contributed by atoms with E-state index in [1.807, 2.05) is 16.7 Å². The molecule has 7 nitrogen and oxygen atoms in total. The zero-order valence-electron chi connectivity index (χ0n) is 16.0. The monoisotopic (exact) mass is 384 g/mol. The highest BCUT2D eigenvalue weighted by Crippen LogP contribution is 2.38. The van der Waals surface area contributed by atoms with Gasteiger partial charge >= 0.3 is 6.08 Å². The maximum absolute atomic E-state index is 13.6. The number of terminal acetylenes is 1. The van der Waals surface area contributed by atoms with Crippen LogP contribution in [-0.4, -0.2) is 40.8 Å². The van der Waals surface area contributed by atoms with E-state index in [4.69, 9.17) is 20.6 Å². The molecule has 0 saturated carbocycles. The van der Waals surface area contributed by atoms with Gasteiger partial charge in [0, 0.05) is 19.4 Å². The summed E-state index contributed by atoms with van der Waals surface area (Å²) in [5.41, 5.74) is 1.88.